The SMILES string of the molecule is Fc1ccc(CNNc2ccccc2)cc1CBr. The molecule has 0 bridgehead atoms. The van der Waals surface area contributed by atoms with Crippen LogP contribution in [0.4, 0.5) is 10.1 Å². The fourth-order valence-corrected chi connectivity index (χ4v) is 2.04. The van der Waals surface area contributed by atoms with E-state index in [4.69, 9.17) is 0 Å². The number of rotatable bonds is 5. The summed E-state index contributed by atoms with van der Waals surface area (Å²) in [5.41, 5.74) is 8.90. The van der Waals surface area contributed by atoms with E-state index in [0.29, 0.717) is 17.4 Å². The first-order valence-corrected chi connectivity index (χ1v) is 6.79. The zero-order valence-corrected chi connectivity index (χ0v) is 11.4. The molecule has 0 amide bonds. The predicted molar refractivity (Wildman–Crippen MR) is 75.9 cm³/mol. The third-order valence-corrected chi connectivity index (χ3v) is 3.16. The summed E-state index contributed by atoms with van der Waals surface area (Å²) >= 11 is 3.27. The zero-order chi connectivity index (χ0) is 12.8. The van der Waals surface area contributed by atoms with Gasteiger partial charge in [0, 0.05) is 17.6 Å². The average molecular weight is 309 g/mol. The van der Waals surface area contributed by atoms with E-state index in [-0.39, 0.29) is 5.82 Å². The van der Waals surface area contributed by atoms with Crippen LogP contribution in [0.3, 0.4) is 0 Å². The van der Waals surface area contributed by atoms with E-state index in [1.165, 1.54) is 6.07 Å². The summed E-state index contributed by atoms with van der Waals surface area (Å²) in [5, 5.41) is 0.527. The Hall–Kier alpha value is -1.39. The Bertz CT molecular complexity index is 502. The number of anilines is 1. The van der Waals surface area contributed by atoms with Crippen LogP contribution in [0.5, 0.6) is 0 Å². The molecule has 2 rings (SSSR count). The lowest BCUT2D eigenvalue weighted by Crippen LogP contribution is -2.20. The van der Waals surface area contributed by atoms with Gasteiger partial charge < -0.3 is 5.43 Å². The molecule has 4 heteroatoms. The normalized spacial score (nSPS) is 10.3. The molecule has 0 atom stereocenters. The van der Waals surface area contributed by atoms with Gasteiger partial charge in [-0.25, -0.2) is 9.82 Å². The Morgan fingerprint density at radius 1 is 1.06 bits per heavy atom. The molecule has 0 radical (unpaired) electrons. The van der Waals surface area contributed by atoms with Gasteiger partial charge in [-0.2, -0.15) is 0 Å². The molecule has 0 fully saturated rings. The number of alkyl halides is 1. The number of benzene rings is 2. The molecule has 2 N–H and O–H groups in total. The minimum absolute atomic E-state index is 0.174. The minimum Gasteiger partial charge on any atom is -0.321 e. The highest BCUT2D eigenvalue weighted by molar-refractivity contribution is 9.08. The van der Waals surface area contributed by atoms with Crippen LogP contribution in [0.2, 0.25) is 0 Å². The van der Waals surface area contributed by atoms with Crippen molar-refractivity contribution in [3.8, 4) is 0 Å². The number of hydrogen-bond acceptors (Lipinski definition) is 2. The Morgan fingerprint density at radius 2 is 1.83 bits per heavy atom. The van der Waals surface area contributed by atoms with Gasteiger partial charge in [0.2, 0.25) is 0 Å². The van der Waals surface area contributed by atoms with Crippen molar-refractivity contribution in [3.63, 3.8) is 0 Å². The fraction of sp³-hybridized carbons (Fsp3) is 0.143. The lowest BCUT2D eigenvalue weighted by molar-refractivity contribution is 0.616. The molecular weight excluding hydrogens is 295 g/mol. The maximum absolute atomic E-state index is 13.3. The molecule has 94 valence electrons. The molecule has 0 aromatic heterocycles. The summed E-state index contributed by atoms with van der Waals surface area (Å²) in [6.07, 6.45) is 0. The lowest BCUT2D eigenvalue weighted by Gasteiger charge is -2.09. The van der Waals surface area contributed by atoms with E-state index in [1.54, 1.807) is 6.07 Å². The van der Waals surface area contributed by atoms with Crippen LogP contribution in [0, 0.1) is 5.82 Å². The molecule has 2 nitrogen and oxygen atoms in total. The smallest absolute Gasteiger partial charge is 0.127 e. The molecule has 0 aliphatic carbocycles. The van der Waals surface area contributed by atoms with Gasteiger partial charge in [0.25, 0.3) is 0 Å². The van der Waals surface area contributed by atoms with Gasteiger partial charge in [0.15, 0.2) is 0 Å². The highest BCUT2D eigenvalue weighted by Crippen LogP contribution is 2.13. The van der Waals surface area contributed by atoms with Crippen molar-refractivity contribution in [2.75, 3.05) is 5.43 Å². The van der Waals surface area contributed by atoms with E-state index < -0.39 is 0 Å². The van der Waals surface area contributed by atoms with Crippen molar-refractivity contribution in [1.82, 2.24) is 5.43 Å². The summed E-state index contributed by atoms with van der Waals surface area (Å²) in [7, 11) is 0. The standard InChI is InChI=1S/C14H14BrFN2/c15-9-12-8-11(6-7-14(12)16)10-17-18-13-4-2-1-3-5-13/h1-8,17-18H,9-10H2. The number of hydrogen-bond donors (Lipinski definition) is 2. The van der Waals surface area contributed by atoms with Gasteiger partial charge in [-0.1, -0.05) is 46.3 Å². The second-order valence-corrected chi connectivity index (χ2v) is 4.46. The van der Waals surface area contributed by atoms with Crippen LogP contribution in [0.15, 0.2) is 48.5 Å². The molecule has 0 unspecified atom stereocenters. The van der Waals surface area contributed by atoms with Crippen molar-refractivity contribution >= 4 is 21.6 Å². The van der Waals surface area contributed by atoms with E-state index >= 15 is 0 Å². The van der Waals surface area contributed by atoms with Crippen molar-refractivity contribution in [1.29, 1.82) is 0 Å². The highest BCUT2D eigenvalue weighted by Gasteiger charge is 2.01. The molecule has 0 aliphatic heterocycles. The van der Waals surface area contributed by atoms with E-state index in [9.17, 15) is 4.39 Å². The van der Waals surface area contributed by atoms with Gasteiger partial charge >= 0.3 is 0 Å². The second kappa shape index (κ2) is 6.52. The third kappa shape index (κ3) is 3.55. The number of hydrazine groups is 1. The summed E-state index contributed by atoms with van der Waals surface area (Å²) in [6.45, 7) is 0.634. The summed E-state index contributed by atoms with van der Waals surface area (Å²) < 4.78 is 13.3. The molecule has 2 aromatic rings. The maximum Gasteiger partial charge on any atom is 0.127 e. The molecule has 0 spiro atoms. The van der Waals surface area contributed by atoms with Crippen molar-refractivity contribution in [3.05, 3.63) is 65.5 Å². The summed E-state index contributed by atoms with van der Waals surface area (Å²) in [4.78, 5) is 0. The van der Waals surface area contributed by atoms with Crippen LogP contribution in [-0.2, 0) is 11.9 Å². The van der Waals surface area contributed by atoms with E-state index in [2.05, 4.69) is 26.8 Å². The second-order valence-electron chi connectivity index (χ2n) is 3.90. The zero-order valence-electron chi connectivity index (χ0n) is 9.79. The summed E-state index contributed by atoms with van der Waals surface area (Å²) in [5.74, 6) is -0.174. The van der Waals surface area contributed by atoms with Crippen molar-refractivity contribution < 1.29 is 4.39 Å². The molecule has 2 aromatic carbocycles. The van der Waals surface area contributed by atoms with Crippen LogP contribution in [-0.4, -0.2) is 0 Å². The minimum atomic E-state index is -0.174. The Morgan fingerprint density at radius 3 is 2.56 bits per heavy atom. The number of nitrogens with one attached hydrogen (secondary N) is 2. The molecule has 0 saturated carbocycles. The van der Waals surface area contributed by atoms with Crippen LogP contribution >= 0.6 is 15.9 Å². The van der Waals surface area contributed by atoms with Gasteiger partial charge in [-0.15, -0.1) is 0 Å². The quantitative estimate of drug-likeness (QED) is 0.648. The third-order valence-electron chi connectivity index (χ3n) is 2.55. The van der Waals surface area contributed by atoms with Crippen molar-refractivity contribution in [2.45, 2.75) is 11.9 Å². The largest absolute Gasteiger partial charge is 0.321 e. The van der Waals surface area contributed by atoms with Gasteiger partial charge in [0.05, 0.1) is 0 Å². The first-order valence-electron chi connectivity index (χ1n) is 5.67. The maximum atomic E-state index is 13.3. The number of halogens is 2. The Balaban J connectivity index is 1.91. The molecular formula is C14H14BrFN2. The Kier molecular flexibility index (Phi) is 4.73. The van der Waals surface area contributed by atoms with Crippen LogP contribution in [0.25, 0.3) is 0 Å². The molecule has 18 heavy (non-hydrogen) atoms. The lowest BCUT2D eigenvalue weighted by atomic mass is 10.1. The van der Waals surface area contributed by atoms with E-state index in [0.717, 1.165) is 11.3 Å². The Labute approximate surface area is 114 Å². The number of para-hydroxylation sites is 1. The fourth-order valence-electron chi connectivity index (χ4n) is 1.61. The van der Waals surface area contributed by atoms with Crippen molar-refractivity contribution in [2.24, 2.45) is 0 Å². The highest BCUT2D eigenvalue weighted by atomic mass is 79.9. The first-order chi connectivity index (χ1) is 8.79. The predicted octanol–water partition coefficient (Wildman–Crippen LogP) is 3.84. The average Bonchev–Trinajstić information content (AvgIpc) is 2.42. The first kappa shape index (κ1) is 13.1. The summed E-state index contributed by atoms with van der Waals surface area (Å²) in [6, 6.07) is 15.0. The van der Waals surface area contributed by atoms with Gasteiger partial charge in [-0.05, 0) is 29.3 Å². The van der Waals surface area contributed by atoms with Crippen LogP contribution in [0.1, 0.15) is 11.1 Å². The topological polar surface area (TPSA) is 24.1 Å². The molecule has 0 saturated heterocycles. The monoisotopic (exact) mass is 308 g/mol. The van der Waals surface area contributed by atoms with Crippen LogP contribution < -0.4 is 10.9 Å². The van der Waals surface area contributed by atoms with Gasteiger partial charge in [0.1, 0.15) is 5.82 Å². The molecule has 0 aliphatic rings. The molecule has 0 heterocycles. The van der Waals surface area contributed by atoms with Gasteiger partial charge in [-0.3, -0.25) is 0 Å². The van der Waals surface area contributed by atoms with E-state index in [1.807, 2.05) is 36.4 Å².